The first-order valence-electron chi connectivity index (χ1n) is 5.88. The average molecular weight is 249 g/mol. The summed E-state index contributed by atoms with van der Waals surface area (Å²) in [4.78, 5) is 0. The number of benzene rings is 1. The summed E-state index contributed by atoms with van der Waals surface area (Å²) in [5, 5.41) is 14.7. The minimum atomic E-state index is -0.217. The highest BCUT2D eigenvalue weighted by Crippen LogP contribution is 2.09. The molecular formula is C12H16FN5. The molecule has 96 valence electrons. The van der Waals surface area contributed by atoms with E-state index in [4.69, 9.17) is 0 Å². The van der Waals surface area contributed by atoms with Crippen LogP contribution in [0.25, 0.3) is 0 Å². The first-order valence-corrected chi connectivity index (χ1v) is 5.88. The molecule has 1 heterocycles. The second-order valence-electron chi connectivity index (χ2n) is 4.15. The standard InChI is InChI=1S/C12H16FN5/c1-9(14-2)12-15-16-17-18(12)8-7-10-3-5-11(13)6-4-10/h3-6,9,14H,7-8H2,1-2H3. The molecule has 0 aliphatic heterocycles. The van der Waals surface area contributed by atoms with E-state index < -0.39 is 0 Å². The predicted molar refractivity (Wildman–Crippen MR) is 65.4 cm³/mol. The Morgan fingerprint density at radius 3 is 2.72 bits per heavy atom. The summed E-state index contributed by atoms with van der Waals surface area (Å²) in [5.74, 6) is 0.588. The van der Waals surface area contributed by atoms with Crippen LogP contribution in [-0.4, -0.2) is 27.3 Å². The van der Waals surface area contributed by atoms with E-state index in [0.29, 0.717) is 6.54 Å². The summed E-state index contributed by atoms with van der Waals surface area (Å²) in [7, 11) is 1.86. The number of hydrogen-bond donors (Lipinski definition) is 1. The minimum Gasteiger partial charge on any atom is -0.311 e. The Kier molecular flexibility index (Phi) is 3.99. The predicted octanol–water partition coefficient (Wildman–Crippen LogP) is 1.34. The summed E-state index contributed by atoms with van der Waals surface area (Å²) in [6, 6.07) is 6.59. The molecule has 0 saturated heterocycles. The largest absolute Gasteiger partial charge is 0.311 e. The smallest absolute Gasteiger partial charge is 0.167 e. The van der Waals surface area contributed by atoms with Crippen molar-refractivity contribution in [3.05, 3.63) is 41.5 Å². The van der Waals surface area contributed by atoms with Gasteiger partial charge < -0.3 is 5.32 Å². The number of nitrogens with one attached hydrogen (secondary N) is 1. The van der Waals surface area contributed by atoms with Crippen molar-refractivity contribution in [3.63, 3.8) is 0 Å². The normalized spacial score (nSPS) is 12.6. The minimum absolute atomic E-state index is 0.105. The lowest BCUT2D eigenvalue weighted by Gasteiger charge is -2.10. The summed E-state index contributed by atoms with van der Waals surface area (Å²) in [6.45, 7) is 2.68. The molecule has 0 aliphatic carbocycles. The van der Waals surface area contributed by atoms with Crippen LogP contribution in [0.15, 0.2) is 24.3 Å². The van der Waals surface area contributed by atoms with Crippen LogP contribution in [0.2, 0.25) is 0 Å². The van der Waals surface area contributed by atoms with Crippen molar-refractivity contribution >= 4 is 0 Å². The fraction of sp³-hybridized carbons (Fsp3) is 0.417. The lowest BCUT2D eigenvalue weighted by atomic mass is 10.1. The van der Waals surface area contributed by atoms with Gasteiger partial charge in [-0.15, -0.1) is 5.10 Å². The summed E-state index contributed by atoms with van der Waals surface area (Å²) in [5.41, 5.74) is 1.06. The zero-order chi connectivity index (χ0) is 13.0. The van der Waals surface area contributed by atoms with Crippen molar-refractivity contribution in [2.24, 2.45) is 0 Å². The fourth-order valence-corrected chi connectivity index (χ4v) is 1.70. The fourth-order valence-electron chi connectivity index (χ4n) is 1.70. The molecule has 1 aromatic carbocycles. The number of aryl methyl sites for hydroxylation is 2. The number of rotatable bonds is 5. The molecule has 1 unspecified atom stereocenters. The maximum atomic E-state index is 12.8. The van der Waals surface area contributed by atoms with Gasteiger partial charge in [0, 0.05) is 6.54 Å². The number of halogens is 1. The van der Waals surface area contributed by atoms with E-state index in [2.05, 4.69) is 20.8 Å². The topological polar surface area (TPSA) is 55.6 Å². The van der Waals surface area contributed by atoms with Gasteiger partial charge in [-0.1, -0.05) is 12.1 Å². The average Bonchev–Trinajstić information content (AvgIpc) is 2.85. The van der Waals surface area contributed by atoms with Crippen LogP contribution in [0.5, 0.6) is 0 Å². The first kappa shape index (κ1) is 12.6. The summed E-state index contributed by atoms with van der Waals surface area (Å²) < 4.78 is 14.5. The lowest BCUT2D eigenvalue weighted by Crippen LogP contribution is -2.19. The van der Waals surface area contributed by atoms with Crippen LogP contribution in [0.4, 0.5) is 4.39 Å². The Labute approximate surface area is 105 Å². The third-order valence-electron chi connectivity index (χ3n) is 2.91. The van der Waals surface area contributed by atoms with Gasteiger partial charge in [0.15, 0.2) is 5.82 Å². The van der Waals surface area contributed by atoms with Gasteiger partial charge in [0.25, 0.3) is 0 Å². The first-order chi connectivity index (χ1) is 8.70. The maximum Gasteiger partial charge on any atom is 0.167 e. The van der Waals surface area contributed by atoms with E-state index in [1.807, 2.05) is 14.0 Å². The molecule has 0 bridgehead atoms. The highest BCUT2D eigenvalue weighted by atomic mass is 19.1. The van der Waals surface area contributed by atoms with E-state index in [1.54, 1.807) is 16.8 Å². The van der Waals surface area contributed by atoms with Crippen LogP contribution in [-0.2, 0) is 13.0 Å². The zero-order valence-electron chi connectivity index (χ0n) is 10.5. The molecule has 0 spiro atoms. The van der Waals surface area contributed by atoms with Crippen LogP contribution in [0.1, 0.15) is 24.4 Å². The summed E-state index contributed by atoms with van der Waals surface area (Å²) in [6.07, 6.45) is 0.773. The molecule has 1 aromatic heterocycles. The molecule has 6 heteroatoms. The molecule has 0 fully saturated rings. The molecule has 2 rings (SSSR count). The SMILES string of the molecule is CNC(C)c1nnnn1CCc1ccc(F)cc1. The van der Waals surface area contributed by atoms with Gasteiger partial charge >= 0.3 is 0 Å². The van der Waals surface area contributed by atoms with E-state index in [0.717, 1.165) is 17.8 Å². The van der Waals surface area contributed by atoms with Gasteiger partial charge in [0.2, 0.25) is 0 Å². The number of nitrogens with zero attached hydrogens (tertiary/aromatic N) is 4. The van der Waals surface area contributed by atoms with Gasteiger partial charge in [-0.05, 0) is 48.5 Å². The zero-order valence-corrected chi connectivity index (χ0v) is 10.5. The Bertz CT molecular complexity index is 493. The Morgan fingerprint density at radius 2 is 2.06 bits per heavy atom. The lowest BCUT2D eigenvalue weighted by molar-refractivity contribution is 0.512. The van der Waals surface area contributed by atoms with Gasteiger partial charge in [-0.3, -0.25) is 0 Å². The second-order valence-corrected chi connectivity index (χ2v) is 4.15. The highest BCUT2D eigenvalue weighted by molar-refractivity contribution is 5.16. The van der Waals surface area contributed by atoms with E-state index in [-0.39, 0.29) is 11.9 Å². The maximum absolute atomic E-state index is 12.8. The quantitative estimate of drug-likeness (QED) is 0.868. The van der Waals surface area contributed by atoms with E-state index in [1.165, 1.54) is 12.1 Å². The molecule has 18 heavy (non-hydrogen) atoms. The molecule has 0 aliphatic rings. The van der Waals surface area contributed by atoms with Gasteiger partial charge in [0.1, 0.15) is 5.82 Å². The summed E-state index contributed by atoms with van der Waals surface area (Å²) >= 11 is 0. The molecule has 0 radical (unpaired) electrons. The third-order valence-corrected chi connectivity index (χ3v) is 2.91. The Morgan fingerprint density at radius 1 is 1.33 bits per heavy atom. The third kappa shape index (κ3) is 2.89. The monoisotopic (exact) mass is 249 g/mol. The number of tetrazole rings is 1. The molecule has 1 atom stereocenters. The number of hydrogen-bond acceptors (Lipinski definition) is 4. The Hall–Kier alpha value is -1.82. The molecule has 0 saturated carbocycles. The molecule has 0 amide bonds. The number of aromatic nitrogens is 4. The van der Waals surface area contributed by atoms with E-state index in [9.17, 15) is 4.39 Å². The van der Waals surface area contributed by atoms with Gasteiger partial charge in [0.05, 0.1) is 6.04 Å². The van der Waals surface area contributed by atoms with Crippen molar-refractivity contribution in [2.75, 3.05) is 7.05 Å². The van der Waals surface area contributed by atoms with Crippen molar-refractivity contribution in [3.8, 4) is 0 Å². The van der Waals surface area contributed by atoms with Crippen LogP contribution < -0.4 is 5.32 Å². The second kappa shape index (κ2) is 5.68. The van der Waals surface area contributed by atoms with Crippen LogP contribution >= 0.6 is 0 Å². The molecule has 2 aromatic rings. The Balaban J connectivity index is 2.02. The van der Waals surface area contributed by atoms with Crippen LogP contribution in [0.3, 0.4) is 0 Å². The molecular weight excluding hydrogens is 233 g/mol. The van der Waals surface area contributed by atoms with Crippen molar-refractivity contribution in [2.45, 2.75) is 25.9 Å². The van der Waals surface area contributed by atoms with Crippen LogP contribution in [0, 0.1) is 5.82 Å². The molecule has 5 nitrogen and oxygen atoms in total. The highest BCUT2D eigenvalue weighted by Gasteiger charge is 2.12. The van der Waals surface area contributed by atoms with Gasteiger partial charge in [-0.2, -0.15) is 0 Å². The van der Waals surface area contributed by atoms with Gasteiger partial charge in [-0.25, -0.2) is 9.07 Å². The van der Waals surface area contributed by atoms with Crippen molar-refractivity contribution in [1.82, 2.24) is 25.5 Å². The van der Waals surface area contributed by atoms with E-state index >= 15 is 0 Å². The van der Waals surface area contributed by atoms with Crippen molar-refractivity contribution in [1.29, 1.82) is 0 Å². The van der Waals surface area contributed by atoms with Crippen molar-refractivity contribution < 1.29 is 4.39 Å². The molecule has 1 N–H and O–H groups in total.